The van der Waals surface area contributed by atoms with Crippen LogP contribution in [0.5, 0.6) is 0 Å². The van der Waals surface area contributed by atoms with Crippen LogP contribution in [0, 0.1) is 10.1 Å². The van der Waals surface area contributed by atoms with E-state index < -0.39 is 21.0 Å². The Morgan fingerprint density at radius 1 is 1.33 bits per heavy atom. The number of nitrogens with zero attached hydrogens (tertiary/aromatic N) is 1. The number of halogens is 1. The summed E-state index contributed by atoms with van der Waals surface area (Å²) >= 11 is 4.31. The first-order valence-electron chi connectivity index (χ1n) is 5.81. The van der Waals surface area contributed by atoms with Crippen LogP contribution < -0.4 is 4.72 Å². The Morgan fingerprint density at radius 2 is 2.05 bits per heavy atom. The molecule has 0 radical (unpaired) electrons. The van der Waals surface area contributed by atoms with Crippen LogP contribution in [-0.4, -0.2) is 13.3 Å². The molecule has 0 bridgehead atoms. The van der Waals surface area contributed by atoms with Gasteiger partial charge in [0, 0.05) is 18.2 Å². The minimum absolute atomic E-state index is 0.0718. The lowest BCUT2D eigenvalue weighted by Gasteiger charge is -2.13. The van der Waals surface area contributed by atoms with E-state index in [2.05, 4.69) is 20.7 Å². The molecule has 21 heavy (non-hydrogen) atoms. The highest BCUT2D eigenvalue weighted by molar-refractivity contribution is 9.11. The lowest BCUT2D eigenvalue weighted by molar-refractivity contribution is -0.384. The van der Waals surface area contributed by atoms with Crippen LogP contribution in [0.4, 0.5) is 5.69 Å². The number of benzene rings is 1. The fraction of sp³-hybridized carbons (Fsp3) is 0.167. The fourth-order valence-corrected chi connectivity index (χ4v) is 4.97. The first kappa shape index (κ1) is 16.1. The number of non-ortho nitro benzene ring substituents is 1. The molecule has 0 aliphatic rings. The van der Waals surface area contributed by atoms with Gasteiger partial charge in [0.15, 0.2) is 0 Å². The second kappa shape index (κ2) is 6.22. The van der Waals surface area contributed by atoms with Gasteiger partial charge in [0.25, 0.3) is 15.7 Å². The van der Waals surface area contributed by atoms with Crippen molar-refractivity contribution in [1.82, 2.24) is 4.72 Å². The Labute approximate surface area is 134 Å². The van der Waals surface area contributed by atoms with Gasteiger partial charge in [0.2, 0.25) is 0 Å². The number of nitrogens with one attached hydrogen (secondary N) is 1. The number of nitro groups is 1. The smallest absolute Gasteiger partial charge is 0.258 e. The molecule has 0 saturated heterocycles. The highest BCUT2D eigenvalue weighted by Gasteiger charge is 2.21. The number of hydrogen-bond donors (Lipinski definition) is 1. The SMILES string of the molecule is CC(NS(=O)(=O)c1ccc(Br)s1)c1cccc([N+](=O)[O-])c1. The second-order valence-corrected chi connectivity index (χ2v) is 8.66. The average molecular weight is 391 g/mol. The Morgan fingerprint density at radius 3 is 2.62 bits per heavy atom. The Hall–Kier alpha value is -1.29. The Balaban J connectivity index is 2.23. The maximum atomic E-state index is 12.2. The fourth-order valence-electron chi connectivity index (χ4n) is 1.71. The van der Waals surface area contributed by atoms with E-state index in [4.69, 9.17) is 0 Å². The van der Waals surface area contributed by atoms with Crippen LogP contribution in [0.2, 0.25) is 0 Å². The monoisotopic (exact) mass is 390 g/mol. The predicted molar refractivity (Wildman–Crippen MR) is 83.9 cm³/mol. The lowest BCUT2D eigenvalue weighted by atomic mass is 10.1. The molecule has 112 valence electrons. The molecule has 1 atom stereocenters. The molecule has 0 spiro atoms. The van der Waals surface area contributed by atoms with Crippen molar-refractivity contribution in [3.8, 4) is 0 Å². The average Bonchev–Trinajstić information content (AvgIpc) is 2.86. The quantitative estimate of drug-likeness (QED) is 0.625. The highest BCUT2D eigenvalue weighted by Crippen LogP contribution is 2.27. The molecular weight excluding hydrogens is 380 g/mol. The maximum absolute atomic E-state index is 12.2. The van der Waals surface area contributed by atoms with Crippen molar-refractivity contribution >= 4 is 43.0 Å². The molecule has 2 rings (SSSR count). The van der Waals surface area contributed by atoms with Crippen molar-refractivity contribution in [2.45, 2.75) is 17.2 Å². The zero-order valence-corrected chi connectivity index (χ0v) is 14.0. The van der Waals surface area contributed by atoms with Crippen LogP contribution >= 0.6 is 27.3 Å². The van der Waals surface area contributed by atoms with Gasteiger partial charge in [0.05, 0.1) is 8.71 Å². The molecule has 1 aromatic heterocycles. The molecule has 9 heteroatoms. The number of nitro benzene ring substituents is 1. The van der Waals surface area contributed by atoms with Crippen molar-refractivity contribution in [3.05, 3.63) is 55.9 Å². The second-order valence-electron chi connectivity index (χ2n) is 4.25. The van der Waals surface area contributed by atoms with Gasteiger partial charge < -0.3 is 0 Å². The predicted octanol–water partition coefficient (Wildman–Crippen LogP) is 3.46. The molecule has 0 saturated carbocycles. The molecule has 0 aliphatic carbocycles. The third-order valence-corrected chi connectivity index (χ3v) is 6.38. The molecule has 6 nitrogen and oxygen atoms in total. The molecule has 1 N–H and O–H groups in total. The van der Waals surface area contributed by atoms with Crippen molar-refractivity contribution in [3.63, 3.8) is 0 Å². The van der Waals surface area contributed by atoms with E-state index in [1.54, 1.807) is 19.1 Å². The highest BCUT2D eigenvalue weighted by atomic mass is 79.9. The summed E-state index contributed by atoms with van der Waals surface area (Å²) in [5.41, 5.74) is 0.459. The summed E-state index contributed by atoms with van der Waals surface area (Å²) < 4.78 is 27.8. The number of hydrogen-bond acceptors (Lipinski definition) is 5. The lowest BCUT2D eigenvalue weighted by Crippen LogP contribution is -2.26. The van der Waals surface area contributed by atoms with Gasteiger partial charge in [-0.05, 0) is 40.5 Å². The zero-order valence-electron chi connectivity index (χ0n) is 10.8. The summed E-state index contributed by atoms with van der Waals surface area (Å²) in [7, 11) is -3.65. The van der Waals surface area contributed by atoms with E-state index in [9.17, 15) is 18.5 Å². The normalized spacial score (nSPS) is 13.0. The van der Waals surface area contributed by atoms with Gasteiger partial charge >= 0.3 is 0 Å². The summed E-state index contributed by atoms with van der Waals surface area (Å²) in [6, 6.07) is 8.47. The molecule has 0 amide bonds. The zero-order chi connectivity index (χ0) is 15.6. The maximum Gasteiger partial charge on any atom is 0.269 e. The van der Waals surface area contributed by atoms with Crippen LogP contribution in [-0.2, 0) is 10.0 Å². The number of sulfonamides is 1. The molecule has 0 aliphatic heterocycles. The third kappa shape index (κ3) is 3.88. The minimum Gasteiger partial charge on any atom is -0.258 e. The van der Waals surface area contributed by atoms with Gasteiger partial charge in [-0.3, -0.25) is 10.1 Å². The molecule has 0 fully saturated rings. The third-order valence-electron chi connectivity index (χ3n) is 2.73. The van der Waals surface area contributed by atoms with E-state index >= 15 is 0 Å². The van der Waals surface area contributed by atoms with Crippen LogP contribution in [0.3, 0.4) is 0 Å². The van der Waals surface area contributed by atoms with E-state index in [0.717, 1.165) is 11.3 Å². The molecular formula is C12H11BrN2O4S2. The van der Waals surface area contributed by atoms with Crippen LogP contribution in [0.15, 0.2) is 44.4 Å². The van der Waals surface area contributed by atoms with Gasteiger partial charge in [-0.25, -0.2) is 13.1 Å². The van der Waals surface area contributed by atoms with Crippen molar-refractivity contribution in [1.29, 1.82) is 0 Å². The summed E-state index contributed by atoms with van der Waals surface area (Å²) in [6.45, 7) is 1.64. The standard InChI is InChI=1S/C12H11BrN2O4S2/c1-8(9-3-2-4-10(7-9)15(16)17)14-21(18,19)12-6-5-11(13)20-12/h2-8,14H,1H3. The van der Waals surface area contributed by atoms with Gasteiger partial charge in [-0.2, -0.15) is 0 Å². The first-order chi connectivity index (χ1) is 9.79. The molecule has 2 aromatic rings. The summed E-state index contributed by atoms with van der Waals surface area (Å²) in [5.74, 6) is 0. The summed E-state index contributed by atoms with van der Waals surface area (Å²) in [6.07, 6.45) is 0. The summed E-state index contributed by atoms with van der Waals surface area (Å²) in [5, 5.41) is 10.7. The van der Waals surface area contributed by atoms with Crippen molar-refractivity contribution < 1.29 is 13.3 Å². The first-order valence-corrected chi connectivity index (χ1v) is 8.91. The van der Waals surface area contributed by atoms with E-state index in [1.807, 2.05) is 0 Å². The Kier molecular flexibility index (Phi) is 4.77. The van der Waals surface area contributed by atoms with Gasteiger partial charge in [-0.1, -0.05) is 12.1 Å². The molecule has 1 unspecified atom stereocenters. The van der Waals surface area contributed by atoms with E-state index in [0.29, 0.717) is 9.35 Å². The Bertz CT molecular complexity index is 773. The van der Waals surface area contributed by atoms with Crippen molar-refractivity contribution in [2.75, 3.05) is 0 Å². The van der Waals surface area contributed by atoms with Gasteiger partial charge in [0.1, 0.15) is 4.21 Å². The topological polar surface area (TPSA) is 89.3 Å². The largest absolute Gasteiger partial charge is 0.269 e. The van der Waals surface area contributed by atoms with E-state index in [-0.39, 0.29) is 9.90 Å². The minimum atomic E-state index is -3.65. The number of rotatable bonds is 5. The van der Waals surface area contributed by atoms with Crippen LogP contribution in [0.25, 0.3) is 0 Å². The van der Waals surface area contributed by atoms with Crippen LogP contribution in [0.1, 0.15) is 18.5 Å². The van der Waals surface area contributed by atoms with Crippen molar-refractivity contribution in [2.24, 2.45) is 0 Å². The summed E-state index contributed by atoms with van der Waals surface area (Å²) in [4.78, 5) is 10.2. The molecule has 1 aromatic carbocycles. The van der Waals surface area contributed by atoms with Gasteiger partial charge in [-0.15, -0.1) is 11.3 Å². The van der Waals surface area contributed by atoms with E-state index in [1.165, 1.54) is 24.3 Å². The molecule has 1 heterocycles. The number of thiophene rings is 1.